The molecular formula is C9H5ClN2O. The summed E-state index contributed by atoms with van der Waals surface area (Å²) in [6.07, 6.45) is 0. The number of benzene rings is 1. The molecule has 0 saturated carbocycles. The van der Waals surface area contributed by atoms with Crippen molar-refractivity contribution in [2.24, 2.45) is 0 Å². The van der Waals surface area contributed by atoms with Crippen molar-refractivity contribution in [2.75, 3.05) is 0 Å². The highest BCUT2D eigenvalue weighted by atomic mass is 35.5. The third kappa shape index (κ3) is 1.16. The topological polar surface area (TPSA) is 52.9 Å². The number of nitrogens with one attached hydrogen (secondary N) is 1. The second-order valence-electron chi connectivity index (χ2n) is 2.77. The minimum atomic E-state index is -0.158. The van der Waals surface area contributed by atoms with E-state index in [1.165, 1.54) is 0 Å². The smallest absolute Gasteiger partial charge is 0.251 e. The summed E-state index contributed by atoms with van der Waals surface area (Å²) in [5.74, 6) is -0.158. The summed E-state index contributed by atoms with van der Waals surface area (Å²) < 4.78 is 0. The fourth-order valence-corrected chi connectivity index (χ4v) is 1.61. The zero-order valence-electron chi connectivity index (χ0n) is 6.60. The van der Waals surface area contributed by atoms with Crippen molar-refractivity contribution in [1.82, 2.24) is 5.32 Å². The van der Waals surface area contributed by atoms with Gasteiger partial charge in [0.1, 0.15) is 0 Å². The Hall–Kier alpha value is -1.53. The van der Waals surface area contributed by atoms with Gasteiger partial charge in [0.05, 0.1) is 11.6 Å². The van der Waals surface area contributed by atoms with Crippen LogP contribution in [-0.2, 0) is 6.54 Å². The molecular weight excluding hydrogens is 188 g/mol. The summed E-state index contributed by atoms with van der Waals surface area (Å²) in [6.45, 7) is 0.425. The number of hydrogen-bond acceptors (Lipinski definition) is 2. The lowest BCUT2D eigenvalue weighted by molar-refractivity contribution is 0.0966. The van der Waals surface area contributed by atoms with E-state index in [4.69, 9.17) is 16.9 Å². The second-order valence-corrected chi connectivity index (χ2v) is 3.21. The molecule has 0 aliphatic carbocycles. The first-order valence-electron chi connectivity index (χ1n) is 3.73. The van der Waals surface area contributed by atoms with Crippen LogP contribution in [0.3, 0.4) is 0 Å². The number of hydrogen-bond donors (Lipinski definition) is 1. The van der Waals surface area contributed by atoms with Crippen LogP contribution < -0.4 is 5.32 Å². The van der Waals surface area contributed by atoms with Gasteiger partial charge in [-0.1, -0.05) is 11.6 Å². The lowest BCUT2D eigenvalue weighted by Gasteiger charge is -1.98. The quantitative estimate of drug-likeness (QED) is 0.677. The Kier molecular flexibility index (Phi) is 1.71. The van der Waals surface area contributed by atoms with Crippen molar-refractivity contribution in [3.8, 4) is 6.07 Å². The first-order chi connectivity index (χ1) is 6.22. The van der Waals surface area contributed by atoms with E-state index < -0.39 is 0 Å². The molecule has 4 heteroatoms. The summed E-state index contributed by atoms with van der Waals surface area (Å²) in [5, 5.41) is 11.8. The maximum absolute atomic E-state index is 11.2. The van der Waals surface area contributed by atoms with Crippen LogP contribution in [0.4, 0.5) is 0 Å². The van der Waals surface area contributed by atoms with Gasteiger partial charge in [-0.25, -0.2) is 0 Å². The largest absolute Gasteiger partial charge is 0.348 e. The van der Waals surface area contributed by atoms with E-state index in [0.29, 0.717) is 22.7 Å². The zero-order chi connectivity index (χ0) is 9.42. The first-order valence-corrected chi connectivity index (χ1v) is 4.11. The van der Waals surface area contributed by atoms with Crippen LogP contribution in [0.2, 0.25) is 5.02 Å². The van der Waals surface area contributed by atoms with Gasteiger partial charge in [-0.2, -0.15) is 5.26 Å². The first kappa shape index (κ1) is 8.09. The Balaban J connectivity index is 2.72. The van der Waals surface area contributed by atoms with E-state index in [2.05, 4.69) is 5.32 Å². The van der Waals surface area contributed by atoms with Gasteiger partial charge in [0.15, 0.2) is 0 Å². The molecule has 0 radical (unpaired) electrons. The lowest BCUT2D eigenvalue weighted by Crippen LogP contribution is -2.12. The molecule has 0 fully saturated rings. The highest BCUT2D eigenvalue weighted by Gasteiger charge is 2.22. The number of nitrogens with zero attached hydrogens (tertiary/aromatic N) is 1. The van der Waals surface area contributed by atoms with Gasteiger partial charge in [0.25, 0.3) is 5.91 Å². The predicted molar refractivity (Wildman–Crippen MR) is 47.3 cm³/mol. The molecule has 1 N–H and O–H groups in total. The fourth-order valence-electron chi connectivity index (χ4n) is 1.39. The molecule has 64 valence electrons. The third-order valence-electron chi connectivity index (χ3n) is 2.01. The number of amides is 1. The number of halogens is 1. The molecule has 13 heavy (non-hydrogen) atoms. The average molecular weight is 193 g/mol. The SMILES string of the molecule is N#Cc1cc(Cl)cc2c1CNC2=O. The van der Waals surface area contributed by atoms with E-state index in [1.54, 1.807) is 12.1 Å². The Bertz CT molecular complexity index is 434. The molecule has 0 atom stereocenters. The Morgan fingerprint density at radius 2 is 2.31 bits per heavy atom. The summed E-state index contributed by atoms with van der Waals surface area (Å²) >= 11 is 5.74. The second kappa shape index (κ2) is 2.75. The highest BCUT2D eigenvalue weighted by molar-refractivity contribution is 6.31. The molecule has 2 rings (SSSR count). The minimum Gasteiger partial charge on any atom is -0.348 e. The minimum absolute atomic E-state index is 0.158. The molecule has 1 heterocycles. The number of nitriles is 1. The van der Waals surface area contributed by atoms with Gasteiger partial charge >= 0.3 is 0 Å². The summed E-state index contributed by atoms with van der Waals surface area (Å²) in [7, 11) is 0. The maximum atomic E-state index is 11.2. The van der Waals surface area contributed by atoms with E-state index >= 15 is 0 Å². The van der Waals surface area contributed by atoms with E-state index in [1.807, 2.05) is 6.07 Å². The molecule has 1 aromatic rings. The van der Waals surface area contributed by atoms with E-state index in [0.717, 1.165) is 5.56 Å². The number of rotatable bonds is 0. The molecule has 3 nitrogen and oxygen atoms in total. The number of carbonyl (C=O) groups excluding carboxylic acids is 1. The van der Waals surface area contributed by atoms with Gasteiger partial charge in [0, 0.05) is 22.7 Å². The monoisotopic (exact) mass is 192 g/mol. The van der Waals surface area contributed by atoms with Crippen LogP contribution in [0.25, 0.3) is 0 Å². The summed E-state index contributed by atoms with van der Waals surface area (Å²) in [6, 6.07) is 5.17. The third-order valence-corrected chi connectivity index (χ3v) is 2.22. The Labute approximate surface area is 79.9 Å². The van der Waals surface area contributed by atoms with Crippen molar-refractivity contribution in [2.45, 2.75) is 6.54 Å². The zero-order valence-corrected chi connectivity index (χ0v) is 7.35. The van der Waals surface area contributed by atoms with E-state index in [9.17, 15) is 4.79 Å². The van der Waals surface area contributed by atoms with Crippen LogP contribution in [0, 0.1) is 11.3 Å². The molecule has 1 aromatic carbocycles. The Morgan fingerprint density at radius 1 is 1.54 bits per heavy atom. The Morgan fingerprint density at radius 3 is 3.00 bits per heavy atom. The maximum Gasteiger partial charge on any atom is 0.251 e. The van der Waals surface area contributed by atoms with Gasteiger partial charge in [-0.15, -0.1) is 0 Å². The van der Waals surface area contributed by atoms with E-state index in [-0.39, 0.29) is 5.91 Å². The normalized spacial score (nSPS) is 13.4. The van der Waals surface area contributed by atoms with Crippen LogP contribution in [0.15, 0.2) is 12.1 Å². The number of fused-ring (bicyclic) bond motifs is 1. The molecule has 0 bridgehead atoms. The predicted octanol–water partition coefficient (Wildman–Crippen LogP) is 1.46. The van der Waals surface area contributed by atoms with Gasteiger partial charge < -0.3 is 5.32 Å². The van der Waals surface area contributed by atoms with Crippen LogP contribution in [0.5, 0.6) is 0 Å². The van der Waals surface area contributed by atoms with Crippen molar-refractivity contribution < 1.29 is 4.79 Å². The highest BCUT2D eigenvalue weighted by Crippen LogP contribution is 2.24. The molecule has 1 amide bonds. The van der Waals surface area contributed by atoms with Gasteiger partial charge in [-0.05, 0) is 12.1 Å². The molecule has 0 saturated heterocycles. The van der Waals surface area contributed by atoms with Crippen LogP contribution >= 0.6 is 11.6 Å². The summed E-state index contributed by atoms with van der Waals surface area (Å²) in [5.41, 5.74) is 1.74. The standard InChI is InChI=1S/C9H5ClN2O/c10-6-1-5(3-11)8-4-12-9(13)7(8)2-6/h1-2H,4H2,(H,12,13). The molecule has 0 aromatic heterocycles. The molecule has 1 aliphatic heterocycles. The summed E-state index contributed by atoms with van der Waals surface area (Å²) in [4.78, 5) is 11.2. The number of carbonyl (C=O) groups is 1. The molecule has 1 aliphatic rings. The molecule has 0 spiro atoms. The van der Waals surface area contributed by atoms with Crippen molar-refractivity contribution >= 4 is 17.5 Å². The van der Waals surface area contributed by atoms with Gasteiger partial charge in [-0.3, -0.25) is 4.79 Å². The van der Waals surface area contributed by atoms with Gasteiger partial charge in [0.2, 0.25) is 0 Å². The fraction of sp³-hybridized carbons (Fsp3) is 0.111. The van der Waals surface area contributed by atoms with Crippen molar-refractivity contribution in [3.63, 3.8) is 0 Å². The van der Waals surface area contributed by atoms with Crippen molar-refractivity contribution in [3.05, 3.63) is 33.8 Å². The molecule has 0 unspecified atom stereocenters. The van der Waals surface area contributed by atoms with Crippen molar-refractivity contribution in [1.29, 1.82) is 5.26 Å². The van der Waals surface area contributed by atoms with Crippen LogP contribution in [0.1, 0.15) is 21.5 Å². The average Bonchev–Trinajstić information content (AvgIpc) is 2.47. The lowest BCUT2D eigenvalue weighted by atomic mass is 10.0. The van der Waals surface area contributed by atoms with Crippen LogP contribution in [-0.4, -0.2) is 5.91 Å².